The van der Waals surface area contributed by atoms with Gasteiger partial charge in [-0.15, -0.1) is 24.8 Å². The highest BCUT2D eigenvalue weighted by molar-refractivity contribution is 5.94. The van der Waals surface area contributed by atoms with Gasteiger partial charge < -0.3 is 29.9 Å². The first-order valence-electron chi connectivity index (χ1n) is 11.7. The van der Waals surface area contributed by atoms with Gasteiger partial charge in [0, 0.05) is 44.0 Å². The number of hydrogen-bond acceptors (Lipinski definition) is 7. The van der Waals surface area contributed by atoms with Crippen LogP contribution in [0.4, 0.5) is 18.9 Å². The maximum Gasteiger partial charge on any atom is 0.416 e. The van der Waals surface area contributed by atoms with Gasteiger partial charge in [0.15, 0.2) is 0 Å². The predicted octanol–water partition coefficient (Wildman–Crippen LogP) is 2.60. The third-order valence-electron chi connectivity index (χ3n) is 6.73. The smallest absolute Gasteiger partial charge is 0.416 e. The highest BCUT2D eigenvalue weighted by atomic mass is 35.5. The molecule has 2 saturated heterocycles. The summed E-state index contributed by atoms with van der Waals surface area (Å²) in [6.45, 7) is 1.62. The molecule has 0 radical (unpaired) electrons. The summed E-state index contributed by atoms with van der Waals surface area (Å²) in [6.07, 6.45) is -6.75. The van der Waals surface area contributed by atoms with E-state index in [0.717, 1.165) is 12.1 Å². The van der Waals surface area contributed by atoms with Crippen LogP contribution in [0.15, 0.2) is 48.5 Å². The van der Waals surface area contributed by atoms with Crippen molar-refractivity contribution in [1.82, 2.24) is 10.2 Å². The first-order valence-corrected chi connectivity index (χ1v) is 11.7. The molecule has 212 valence electrons. The van der Waals surface area contributed by atoms with Gasteiger partial charge in [0.2, 0.25) is 0 Å². The minimum Gasteiger partial charge on any atom is -0.497 e. The van der Waals surface area contributed by atoms with Crippen LogP contribution in [0.5, 0.6) is 5.75 Å². The van der Waals surface area contributed by atoms with E-state index in [1.807, 2.05) is 9.80 Å². The van der Waals surface area contributed by atoms with Crippen molar-refractivity contribution in [1.29, 1.82) is 0 Å². The maximum absolute atomic E-state index is 13.1. The molecule has 0 aliphatic carbocycles. The fourth-order valence-electron chi connectivity index (χ4n) is 4.79. The van der Waals surface area contributed by atoms with Gasteiger partial charge in [-0.2, -0.15) is 13.2 Å². The van der Waals surface area contributed by atoms with Gasteiger partial charge in [-0.05, 0) is 42.5 Å². The van der Waals surface area contributed by atoms with Crippen molar-refractivity contribution in [3.8, 4) is 5.75 Å². The van der Waals surface area contributed by atoms with Gasteiger partial charge in [0.1, 0.15) is 18.0 Å². The normalized spacial score (nSPS) is 23.8. The van der Waals surface area contributed by atoms with Crippen LogP contribution in [0.3, 0.4) is 0 Å². The molecule has 4 atom stereocenters. The largest absolute Gasteiger partial charge is 0.497 e. The molecule has 2 aliphatic rings. The third-order valence-corrected chi connectivity index (χ3v) is 6.73. The van der Waals surface area contributed by atoms with Crippen LogP contribution in [0, 0.1) is 0 Å². The van der Waals surface area contributed by atoms with Crippen molar-refractivity contribution in [2.45, 2.75) is 30.5 Å². The Morgan fingerprint density at radius 3 is 2.32 bits per heavy atom. The number of halogens is 5. The molecule has 4 rings (SSSR count). The second kappa shape index (κ2) is 13.7. The molecule has 2 fully saturated rings. The van der Waals surface area contributed by atoms with Gasteiger partial charge in [0.25, 0.3) is 5.91 Å². The van der Waals surface area contributed by atoms with Crippen LogP contribution in [0.2, 0.25) is 0 Å². The van der Waals surface area contributed by atoms with E-state index in [0.29, 0.717) is 43.2 Å². The summed E-state index contributed by atoms with van der Waals surface area (Å²) in [5.74, 6) is 0.320. The van der Waals surface area contributed by atoms with Crippen LogP contribution >= 0.6 is 24.8 Å². The van der Waals surface area contributed by atoms with E-state index in [2.05, 4.69) is 5.32 Å². The van der Waals surface area contributed by atoms with Crippen molar-refractivity contribution in [3.05, 3.63) is 59.7 Å². The molecule has 0 spiro atoms. The molecule has 13 heteroatoms. The number of aliphatic hydroxyl groups is 2. The molecule has 38 heavy (non-hydrogen) atoms. The first-order chi connectivity index (χ1) is 17.2. The number of carbonyl (C=O) groups is 1. The highest BCUT2D eigenvalue weighted by Gasteiger charge is 2.46. The summed E-state index contributed by atoms with van der Waals surface area (Å²) in [4.78, 5) is 16.5. The summed E-state index contributed by atoms with van der Waals surface area (Å²) in [7, 11) is 1.54. The number of nitrogens with one attached hydrogen (secondary N) is 1. The minimum atomic E-state index is -4.41. The van der Waals surface area contributed by atoms with Crippen LogP contribution in [-0.2, 0) is 10.9 Å². The molecule has 0 aromatic heterocycles. The molecule has 2 aliphatic heterocycles. The SMILES string of the molecule is COc1ccc(C(=O)NC[C@H]2O[C@@H](CO)[C@@H](O)[C@H]2N2CCN(c3cccc(C(F)(F)F)c3)CC2)cc1.Cl.Cl. The van der Waals surface area contributed by atoms with Crippen LogP contribution in [-0.4, -0.2) is 91.8 Å². The molecule has 8 nitrogen and oxygen atoms in total. The zero-order chi connectivity index (χ0) is 25.9. The number of carbonyl (C=O) groups excluding carboxylic acids is 1. The number of ether oxygens (including phenoxy) is 2. The molecule has 1 amide bonds. The zero-order valence-corrected chi connectivity index (χ0v) is 22.3. The molecule has 0 unspecified atom stereocenters. The Morgan fingerprint density at radius 1 is 1.08 bits per heavy atom. The van der Waals surface area contributed by atoms with Crippen molar-refractivity contribution in [2.24, 2.45) is 0 Å². The van der Waals surface area contributed by atoms with Crippen LogP contribution in [0.1, 0.15) is 15.9 Å². The van der Waals surface area contributed by atoms with Crippen LogP contribution in [0.25, 0.3) is 0 Å². The van der Waals surface area contributed by atoms with E-state index in [4.69, 9.17) is 9.47 Å². The standard InChI is InChI=1S/C25H30F3N3O5.2ClH/c1-35-19-7-5-16(6-8-19)24(34)29-14-20-22(23(33)21(15-32)36-20)31-11-9-30(10-12-31)18-4-2-3-17(13-18)25(26,27)28;;/h2-8,13,20-23,32-33H,9-12,14-15H2,1H3,(H,29,34);2*1H/t20-,21+,22+,23-;;/m1../s1. The van der Waals surface area contributed by atoms with Gasteiger partial charge in [-0.1, -0.05) is 6.07 Å². The molecular weight excluding hydrogens is 550 g/mol. The second-order valence-corrected chi connectivity index (χ2v) is 8.89. The fourth-order valence-corrected chi connectivity index (χ4v) is 4.79. The zero-order valence-electron chi connectivity index (χ0n) is 20.6. The first kappa shape index (κ1) is 31.9. The predicted molar refractivity (Wildman–Crippen MR) is 141 cm³/mol. The molecular formula is C25H32Cl2F3N3O5. The van der Waals surface area contributed by atoms with E-state index in [1.54, 1.807) is 30.3 Å². The maximum atomic E-state index is 13.1. The fraction of sp³-hybridized carbons (Fsp3) is 0.480. The summed E-state index contributed by atoms with van der Waals surface area (Å²) < 4.78 is 50.3. The second-order valence-electron chi connectivity index (χ2n) is 8.89. The summed E-state index contributed by atoms with van der Waals surface area (Å²) in [6, 6.07) is 11.4. The van der Waals surface area contributed by atoms with E-state index in [-0.39, 0.29) is 43.9 Å². The minimum absolute atomic E-state index is 0. The third kappa shape index (κ3) is 7.22. The van der Waals surface area contributed by atoms with Gasteiger partial charge in [0.05, 0.1) is 31.4 Å². The van der Waals surface area contributed by atoms with Crippen molar-refractivity contribution < 1.29 is 37.7 Å². The Bertz CT molecular complexity index is 1040. The summed E-state index contributed by atoms with van der Waals surface area (Å²) >= 11 is 0. The molecule has 2 aromatic carbocycles. The van der Waals surface area contributed by atoms with Gasteiger partial charge in [-0.3, -0.25) is 9.69 Å². The number of nitrogens with zero attached hydrogens (tertiary/aromatic N) is 2. The molecule has 2 aromatic rings. The molecule has 2 heterocycles. The Hall–Kier alpha value is -2.28. The Labute approximate surface area is 231 Å². The lowest BCUT2D eigenvalue weighted by molar-refractivity contribution is -0.137. The quantitative estimate of drug-likeness (QED) is 0.462. The monoisotopic (exact) mass is 581 g/mol. The van der Waals surface area contributed by atoms with Crippen molar-refractivity contribution in [3.63, 3.8) is 0 Å². The Morgan fingerprint density at radius 2 is 1.74 bits per heavy atom. The van der Waals surface area contributed by atoms with Crippen molar-refractivity contribution >= 4 is 36.4 Å². The molecule has 0 saturated carbocycles. The summed E-state index contributed by atoms with van der Waals surface area (Å²) in [5, 5.41) is 23.3. The van der Waals surface area contributed by atoms with Crippen molar-refractivity contribution in [2.75, 3.05) is 51.3 Å². The lowest BCUT2D eigenvalue weighted by Gasteiger charge is -2.41. The van der Waals surface area contributed by atoms with E-state index < -0.39 is 36.1 Å². The van der Waals surface area contributed by atoms with E-state index >= 15 is 0 Å². The number of rotatable bonds is 7. The average Bonchev–Trinajstić information content (AvgIpc) is 3.22. The lowest BCUT2D eigenvalue weighted by atomic mass is 10.0. The Balaban J connectivity index is 0.00000253. The Kier molecular flexibility index (Phi) is 11.5. The number of methoxy groups -OCH3 is 1. The molecule has 3 N–H and O–H groups in total. The van der Waals surface area contributed by atoms with Gasteiger partial charge in [-0.25, -0.2) is 0 Å². The van der Waals surface area contributed by atoms with E-state index in [1.165, 1.54) is 13.2 Å². The summed E-state index contributed by atoms with van der Waals surface area (Å²) in [5.41, 5.74) is 0.240. The number of anilines is 1. The number of piperazine rings is 1. The highest BCUT2D eigenvalue weighted by Crippen LogP contribution is 2.32. The number of hydrogen-bond donors (Lipinski definition) is 3. The molecule has 0 bridgehead atoms. The number of benzene rings is 2. The van der Waals surface area contributed by atoms with Gasteiger partial charge >= 0.3 is 6.18 Å². The topological polar surface area (TPSA) is 94.5 Å². The van der Waals surface area contributed by atoms with E-state index in [9.17, 15) is 28.2 Å². The van der Waals surface area contributed by atoms with Crippen LogP contribution < -0.4 is 15.0 Å². The number of aliphatic hydroxyl groups excluding tert-OH is 2. The average molecular weight is 582 g/mol. The number of amides is 1. The lowest BCUT2D eigenvalue weighted by Crippen LogP contribution is -2.57. The number of alkyl halides is 3.